The molecule has 4 nitrogen and oxygen atoms in total. The third-order valence-corrected chi connectivity index (χ3v) is 2.40. The van der Waals surface area contributed by atoms with Crippen LogP contribution in [0.25, 0.3) is 0 Å². The second kappa shape index (κ2) is 4.79. The molecule has 82 valence electrons. The Hall–Kier alpha value is -1.55. The van der Waals surface area contributed by atoms with Crippen molar-refractivity contribution in [1.29, 1.82) is 0 Å². The van der Waals surface area contributed by atoms with Crippen LogP contribution in [-0.4, -0.2) is 34.7 Å². The van der Waals surface area contributed by atoms with Gasteiger partial charge < -0.3 is 10.2 Å². The van der Waals surface area contributed by atoms with Crippen LogP contribution in [0.2, 0.25) is 0 Å². The molecule has 0 aliphatic carbocycles. The van der Waals surface area contributed by atoms with Crippen molar-refractivity contribution in [2.75, 3.05) is 13.6 Å². The molecule has 0 amide bonds. The first-order valence-electron chi connectivity index (χ1n) is 4.71. The quantitative estimate of drug-likeness (QED) is 0.788. The minimum Gasteiger partial charge on any atom is -0.508 e. The van der Waals surface area contributed by atoms with Crippen LogP contribution >= 0.6 is 0 Å². The lowest BCUT2D eigenvalue weighted by Gasteiger charge is -2.23. The number of carboxylic acids is 1. The number of aromatic hydroxyl groups is 1. The molecule has 0 aliphatic heterocycles. The summed E-state index contributed by atoms with van der Waals surface area (Å²) in [6, 6.07) is 6.81. The molecule has 0 aliphatic rings. The van der Waals surface area contributed by atoms with Gasteiger partial charge in [-0.2, -0.15) is 0 Å². The van der Waals surface area contributed by atoms with Gasteiger partial charge >= 0.3 is 5.97 Å². The van der Waals surface area contributed by atoms with Gasteiger partial charge in [0.2, 0.25) is 0 Å². The summed E-state index contributed by atoms with van der Waals surface area (Å²) in [4.78, 5) is 12.2. The molecule has 0 fully saturated rings. The van der Waals surface area contributed by atoms with Gasteiger partial charge in [-0.15, -0.1) is 0 Å². The third-order valence-electron chi connectivity index (χ3n) is 2.40. The van der Waals surface area contributed by atoms with E-state index in [0.717, 1.165) is 5.56 Å². The molecule has 0 bridgehead atoms. The predicted octanol–water partition coefficient (Wildman–Crippen LogP) is 1.47. The molecule has 0 aromatic heterocycles. The van der Waals surface area contributed by atoms with Gasteiger partial charge in [0.25, 0.3) is 0 Å². The van der Waals surface area contributed by atoms with E-state index in [0.29, 0.717) is 0 Å². The number of aliphatic carboxylic acids is 1. The molecule has 0 saturated heterocycles. The highest BCUT2D eigenvalue weighted by atomic mass is 16.4. The van der Waals surface area contributed by atoms with Crippen LogP contribution in [0, 0.1) is 0 Å². The first kappa shape index (κ1) is 11.5. The SMILES string of the molecule is CC(c1cccc(O)c1)N(C)CC(=O)O. The maximum absolute atomic E-state index is 10.5. The van der Waals surface area contributed by atoms with Gasteiger partial charge in [0.1, 0.15) is 5.75 Å². The normalized spacial score (nSPS) is 12.7. The summed E-state index contributed by atoms with van der Waals surface area (Å²) < 4.78 is 0. The second-order valence-electron chi connectivity index (χ2n) is 3.58. The lowest BCUT2D eigenvalue weighted by molar-refractivity contribution is -0.138. The molecule has 2 N–H and O–H groups in total. The number of likely N-dealkylation sites (N-methyl/N-ethyl adjacent to an activating group) is 1. The summed E-state index contributed by atoms with van der Waals surface area (Å²) in [5.74, 6) is -0.660. The van der Waals surface area contributed by atoms with E-state index in [2.05, 4.69) is 0 Å². The number of hydrogen-bond acceptors (Lipinski definition) is 3. The topological polar surface area (TPSA) is 60.8 Å². The van der Waals surface area contributed by atoms with Crippen molar-refractivity contribution in [2.45, 2.75) is 13.0 Å². The van der Waals surface area contributed by atoms with Gasteiger partial charge in [-0.3, -0.25) is 9.69 Å². The van der Waals surface area contributed by atoms with Gasteiger partial charge in [-0.1, -0.05) is 12.1 Å². The van der Waals surface area contributed by atoms with E-state index in [-0.39, 0.29) is 18.3 Å². The molecule has 1 aromatic carbocycles. The standard InChI is InChI=1S/C11H15NO3/c1-8(12(2)7-11(14)15)9-4-3-5-10(13)6-9/h3-6,8,13H,7H2,1-2H3,(H,14,15). The smallest absolute Gasteiger partial charge is 0.317 e. The first-order valence-corrected chi connectivity index (χ1v) is 4.71. The van der Waals surface area contributed by atoms with Crippen molar-refractivity contribution >= 4 is 5.97 Å². The Balaban J connectivity index is 2.75. The average molecular weight is 209 g/mol. The number of phenolic OH excluding ortho intramolecular Hbond substituents is 1. The molecule has 1 atom stereocenters. The second-order valence-corrected chi connectivity index (χ2v) is 3.58. The van der Waals surface area contributed by atoms with E-state index in [9.17, 15) is 9.90 Å². The van der Waals surface area contributed by atoms with Crippen LogP contribution < -0.4 is 0 Å². The molecule has 1 rings (SSSR count). The number of carbonyl (C=O) groups is 1. The summed E-state index contributed by atoms with van der Waals surface area (Å²) in [5.41, 5.74) is 0.902. The van der Waals surface area contributed by atoms with Gasteiger partial charge in [0.05, 0.1) is 6.54 Å². The Bertz CT molecular complexity index is 351. The molecule has 1 unspecified atom stereocenters. The Morgan fingerprint density at radius 3 is 2.73 bits per heavy atom. The van der Waals surface area contributed by atoms with Crippen molar-refractivity contribution < 1.29 is 15.0 Å². The third kappa shape index (κ3) is 3.25. The molecular weight excluding hydrogens is 194 g/mol. The maximum atomic E-state index is 10.5. The summed E-state index contributed by atoms with van der Waals surface area (Å²) in [6.45, 7) is 1.88. The zero-order chi connectivity index (χ0) is 11.4. The van der Waals surface area contributed by atoms with Crippen LogP contribution in [-0.2, 0) is 4.79 Å². The molecule has 0 spiro atoms. The lowest BCUT2D eigenvalue weighted by Crippen LogP contribution is -2.28. The van der Waals surface area contributed by atoms with Crippen molar-refractivity contribution in [3.8, 4) is 5.75 Å². The molecule has 0 heterocycles. The first-order chi connectivity index (χ1) is 7.00. The Kier molecular flexibility index (Phi) is 3.68. The minimum absolute atomic E-state index is 0.0170. The highest BCUT2D eigenvalue weighted by Crippen LogP contribution is 2.21. The average Bonchev–Trinajstić information content (AvgIpc) is 2.15. The lowest BCUT2D eigenvalue weighted by atomic mass is 10.1. The number of phenols is 1. The Labute approximate surface area is 88.8 Å². The Morgan fingerprint density at radius 1 is 1.53 bits per heavy atom. The predicted molar refractivity (Wildman–Crippen MR) is 56.8 cm³/mol. The fraction of sp³-hybridized carbons (Fsp3) is 0.364. The van der Waals surface area contributed by atoms with Crippen molar-refractivity contribution in [1.82, 2.24) is 4.90 Å². The maximum Gasteiger partial charge on any atom is 0.317 e. The van der Waals surface area contributed by atoms with E-state index in [1.54, 1.807) is 30.1 Å². The highest BCUT2D eigenvalue weighted by molar-refractivity contribution is 5.69. The fourth-order valence-corrected chi connectivity index (χ4v) is 1.39. The van der Waals surface area contributed by atoms with Crippen LogP contribution in [0.1, 0.15) is 18.5 Å². The molecular formula is C11H15NO3. The summed E-state index contributed by atoms with van der Waals surface area (Å²) in [7, 11) is 1.74. The Morgan fingerprint density at radius 2 is 2.20 bits per heavy atom. The van der Waals surface area contributed by atoms with E-state index in [1.165, 1.54) is 0 Å². The van der Waals surface area contributed by atoms with Crippen LogP contribution in [0.4, 0.5) is 0 Å². The monoisotopic (exact) mass is 209 g/mol. The van der Waals surface area contributed by atoms with Crippen LogP contribution in [0.15, 0.2) is 24.3 Å². The number of carboxylic acid groups (broad SMARTS) is 1. The van der Waals surface area contributed by atoms with Gasteiger partial charge in [-0.05, 0) is 31.7 Å². The number of benzene rings is 1. The number of hydrogen-bond donors (Lipinski definition) is 2. The zero-order valence-corrected chi connectivity index (χ0v) is 8.84. The van der Waals surface area contributed by atoms with Gasteiger partial charge in [0, 0.05) is 6.04 Å². The molecule has 0 saturated carbocycles. The molecule has 0 radical (unpaired) electrons. The largest absolute Gasteiger partial charge is 0.508 e. The summed E-state index contributed by atoms with van der Waals surface area (Å²) >= 11 is 0. The molecule has 15 heavy (non-hydrogen) atoms. The fourth-order valence-electron chi connectivity index (χ4n) is 1.39. The van der Waals surface area contributed by atoms with E-state index in [4.69, 9.17) is 5.11 Å². The van der Waals surface area contributed by atoms with Crippen molar-refractivity contribution in [3.63, 3.8) is 0 Å². The summed E-state index contributed by atoms with van der Waals surface area (Å²) in [5, 5.41) is 17.9. The van der Waals surface area contributed by atoms with Crippen molar-refractivity contribution in [3.05, 3.63) is 29.8 Å². The van der Waals surface area contributed by atoms with Crippen LogP contribution in [0.5, 0.6) is 5.75 Å². The van der Waals surface area contributed by atoms with Crippen LogP contribution in [0.3, 0.4) is 0 Å². The highest BCUT2D eigenvalue weighted by Gasteiger charge is 2.14. The van der Waals surface area contributed by atoms with E-state index >= 15 is 0 Å². The van der Waals surface area contributed by atoms with Gasteiger partial charge in [-0.25, -0.2) is 0 Å². The van der Waals surface area contributed by atoms with E-state index < -0.39 is 5.97 Å². The van der Waals surface area contributed by atoms with E-state index in [1.807, 2.05) is 13.0 Å². The molecule has 4 heteroatoms. The summed E-state index contributed by atoms with van der Waals surface area (Å²) in [6.07, 6.45) is 0. The van der Waals surface area contributed by atoms with Gasteiger partial charge in [0.15, 0.2) is 0 Å². The number of rotatable bonds is 4. The minimum atomic E-state index is -0.857. The van der Waals surface area contributed by atoms with Crippen molar-refractivity contribution in [2.24, 2.45) is 0 Å². The zero-order valence-electron chi connectivity index (χ0n) is 8.84. The molecule has 1 aromatic rings. The number of nitrogens with zero attached hydrogens (tertiary/aromatic N) is 1.